The van der Waals surface area contributed by atoms with Gasteiger partial charge in [-0.15, -0.1) is 0 Å². The highest BCUT2D eigenvalue weighted by atomic mass is 19.1. The second kappa shape index (κ2) is 3.11. The van der Waals surface area contributed by atoms with Crippen LogP contribution in [0.25, 0.3) is 0 Å². The molecule has 1 aromatic carbocycles. The molecular weight excluding hydrogens is 185 g/mol. The molecule has 14 heavy (non-hydrogen) atoms. The molecule has 0 spiro atoms. The van der Waals surface area contributed by atoms with Gasteiger partial charge in [0.25, 0.3) is 0 Å². The fourth-order valence-electron chi connectivity index (χ4n) is 1.57. The number of nitriles is 1. The summed E-state index contributed by atoms with van der Waals surface area (Å²) in [6.45, 7) is 0.397. The van der Waals surface area contributed by atoms with Crippen molar-refractivity contribution >= 4 is 6.29 Å². The number of ether oxygens (including phenoxy) is 1. The van der Waals surface area contributed by atoms with E-state index in [0.29, 0.717) is 24.9 Å². The van der Waals surface area contributed by atoms with Crippen molar-refractivity contribution in [2.75, 3.05) is 6.61 Å². The Morgan fingerprint density at radius 1 is 1.64 bits per heavy atom. The Kier molecular flexibility index (Phi) is 1.93. The summed E-state index contributed by atoms with van der Waals surface area (Å²) in [7, 11) is 0. The summed E-state index contributed by atoms with van der Waals surface area (Å²) in [5, 5.41) is 8.69. The predicted octanol–water partition coefficient (Wildman–Crippen LogP) is 1.44. The van der Waals surface area contributed by atoms with Gasteiger partial charge in [-0.05, 0) is 6.07 Å². The lowest BCUT2D eigenvalue weighted by atomic mass is 10.0. The van der Waals surface area contributed by atoms with Crippen LogP contribution in [0, 0.1) is 17.1 Å². The average molecular weight is 191 g/mol. The minimum atomic E-state index is -0.699. The Balaban J connectivity index is 2.75. The van der Waals surface area contributed by atoms with Gasteiger partial charge >= 0.3 is 0 Å². The fraction of sp³-hybridized carbons (Fsp3) is 0.200. The fourth-order valence-corrected chi connectivity index (χ4v) is 1.57. The van der Waals surface area contributed by atoms with E-state index in [1.165, 1.54) is 0 Å². The molecule has 0 N–H and O–H groups in total. The second-order valence-corrected chi connectivity index (χ2v) is 2.96. The van der Waals surface area contributed by atoms with Crippen LogP contribution in [0.15, 0.2) is 6.07 Å². The van der Waals surface area contributed by atoms with Gasteiger partial charge in [0.15, 0.2) is 6.29 Å². The summed E-state index contributed by atoms with van der Waals surface area (Å²) in [5.74, 6) is -0.468. The van der Waals surface area contributed by atoms with Gasteiger partial charge in [-0.3, -0.25) is 4.79 Å². The largest absolute Gasteiger partial charge is 0.491 e. The predicted molar refractivity (Wildman–Crippen MR) is 45.7 cm³/mol. The number of carbonyl (C=O) groups is 1. The molecule has 1 heterocycles. The number of fused-ring (bicyclic) bond motifs is 1. The van der Waals surface area contributed by atoms with Crippen molar-refractivity contribution in [3.8, 4) is 11.8 Å². The second-order valence-electron chi connectivity index (χ2n) is 2.96. The van der Waals surface area contributed by atoms with Crippen molar-refractivity contribution in [3.05, 3.63) is 28.6 Å². The van der Waals surface area contributed by atoms with Gasteiger partial charge in [0, 0.05) is 17.5 Å². The lowest BCUT2D eigenvalue weighted by molar-refractivity contribution is 0.112. The number of aldehydes is 1. The van der Waals surface area contributed by atoms with Crippen molar-refractivity contribution in [3.63, 3.8) is 0 Å². The third-order valence-corrected chi connectivity index (χ3v) is 2.21. The lowest BCUT2D eigenvalue weighted by Gasteiger charge is -2.04. The van der Waals surface area contributed by atoms with Crippen LogP contribution >= 0.6 is 0 Å². The van der Waals surface area contributed by atoms with Crippen LogP contribution in [0.3, 0.4) is 0 Å². The molecule has 3 nitrogen and oxygen atoms in total. The number of halogens is 1. The number of rotatable bonds is 1. The summed E-state index contributed by atoms with van der Waals surface area (Å²) in [6.07, 6.45) is 1.14. The van der Waals surface area contributed by atoms with Crippen molar-refractivity contribution < 1.29 is 13.9 Å². The number of hydrogen-bond donors (Lipinski definition) is 0. The van der Waals surface area contributed by atoms with Crippen LogP contribution in [-0.2, 0) is 6.42 Å². The Hall–Kier alpha value is -1.89. The van der Waals surface area contributed by atoms with E-state index in [0.717, 1.165) is 6.07 Å². The molecule has 4 heteroatoms. The lowest BCUT2D eigenvalue weighted by Crippen LogP contribution is -1.95. The molecule has 0 bridgehead atoms. The smallest absolute Gasteiger partial charge is 0.150 e. The van der Waals surface area contributed by atoms with Crippen molar-refractivity contribution in [2.24, 2.45) is 0 Å². The SMILES string of the molecule is N#Cc1c(F)cc(C=O)c2c1OCC2. The zero-order valence-electron chi connectivity index (χ0n) is 7.21. The van der Waals surface area contributed by atoms with E-state index in [4.69, 9.17) is 10.00 Å². The van der Waals surface area contributed by atoms with E-state index in [2.05, 4.69) is 0 Å². The molecule has 0 aliphatic carbocycles. The number of benzene rings is 1. The van der Waals surface area contributed by atoms with E-state index in [1.54, 1.807) is 6.07 Å². The third-order valence-electron chi connectivity index (χ3n) is 2.21. The first-order valence-electron chi connectivity index (χ1n) is 4.11. The number of hydrogen-bond acceptors (Lipinski definition) is 3. The standard InChI is InChI=1S/C10H6FNO2/c11-9-3-6(5-13)7-1-2-14-10(7)8(9)4-12/h3,5H,1-2H2. The van der Waals surface area contributed by atoms with Gasteiger partial charge in [0.05, 0.1) is 6.61 Å². The molecule has 0 atom stereocenters. The van der Waals surface area contributed by atoms with Crippen LogP contribution < -0.4 is 4.74 Å². The highest BCUT2D eigenvalue weighted by molar-refractivity contribution is 5.80. The summed E-state index contributed by atoms with van der Waals surface area (Å²) < 4.78 is 18.4. The minimum absolute atomic E-state index is 0.108. The van der Waals surface area contributed by atoms with Crippen LogP contribution in [0.1, 0.15) is 21.5 Å². The van der Waals surface area contributed by atoms with Gasteiger partial charge in [0.1, 0.15) is 23.2 Å². The van der Waals surface area contributed by atoms with E-state index in [9.17, 15) is 9.18 Å². The topological polar surface area (TPSA) is 50.1 Å². The zero-order chi connectivity index (χ0) is 10.1. The zero-order valence-corrected chi connectivity index (χ0v) is 7.21. The molecule has 2 rings (SSSR count). The molecule has 1 aliphatic rings. The van der Waals surface area contributed by atoms with Gasteiger partial charge in [-0.1, -0.05) is 0 Å². The van der Waals surface area contributed by atoms with Gasteiger partial charge < -0.3 is 4.74 Å². The van der Waals surface area contributed by atoms with Crippen molar-refractivity contribution in [1.29, 1.82) is 5.26 Å². The minimum Gasteiger partial charge on any atom is -0.491 e. The molecule has 0 unspecified atom stereocenters. The average Bonchev–Trinajstić information content (AvgIpc) is 2.65. The molecule has 0 amide bonds. The van der Waals surface area contributed by atoms with Gasteiger partial charge in [-0.25, -0.2) is 4.39 Å². The highest BCUT2D eigenvalue weighted by Crippen LogP contribution is 2.33. The molecule has 70 valence electrons. The van der Waals surface area contributed by atoms with Gasteiger partial charge in [0.2, 0.25) is 0 Å². The quantitative estimate of drug-likeness (QED) is 0.631. The number of nitrogens with zero attached hydrogens (tertiary/aromatic N) is 1. The molecule has 0 saturated carbocycles. The van der Waals surface area contributed by atoms with Crippen LogP contribution in [-0.4, -0.2) is 12.9 Å². The molecule has 0 radical (unpaired) electrons. The Labute approximate surface area is 79.7 Å². The number of carbonyl (C=O) groups excluding carboxylic acids is 1. The van der Waals surface area contributed by atoms with E-state index >= 15 is 0 Å². The van der Waals surface area contributed by atoms with Gasteiger partial charge in [-0.2, -0.15) is 5.26 Å². The molecular formula is C10H6FNO2. The van der Waals surface area contributed by atoms with E-state index in [-0.39, 0.29) is 16.9 Å². The molecule has 0 saturated heterocycles. The molecule has 1 aromatic rings. The Morgan fingerprint density at radius 3 is 3.07 bits per heavy atom. The monoisotopic (exact) mass is 191 g/mol. The normalized spacial score (nSPS) is 12.9. The summed E-state index contributed by atoms with van der Waals surface area (Å²) in [6, 6.07) is 2.81. The van der Waals surface area contributed by atoms with Crippen LogP contribution in [0.4, 0.5) is 4.39 Å². The van der Waals surface area contributed by atoms with E-state index < -0.39 is 5.82 Å². The highest BCUT2D eigenvalue weighted by Gasteiger charge is 2.23. The first-order valence-corrected chi connectivity index (χ1v) is 4.11. The maximum atomic E-state index is 13.2. The Bertz CT molecular complexity index is 448. The molecule has 0 fully saturated rings. The van der Waals surface area contributed by atoms with Crippen molar-refractivity contribution in [1.82, 2.24) is 0 Å². The maximum Gasteiger partial charge on any atom is 0.150 e. The van der Waals surface area contributed by atoms with Crippen LogP contribution in [0.5, 0.6) is 5.75 Å². The van der Waals surface area contributed by atoms with Crippen molar-refractivity contribution in [2.45, 2.75) is 6.42 Å². The third kappa shape index (κ3) is 1.06. The molecule has 0 aromatic heterocycles. The maximum absolute atomic E-state index is 13.2. The van der Waals surface area contributed by atoms with E-state index in [1.807, 2.05) is 0 Å². The summed E-state index contributed by atoms with van der Waals surface area (Å²) in [4.78, 5) is 10.6. The Morgan fingerprint density at radius 2 is 2.43 bits per heavy atom. The summed E-state index contributed by atoms with van der Waals surface area (Å²) >= 11 is 0. The first-order chi connectivity index (χ1) is 6.77. The van der Waals surface area contributed by atoms with Crippen LogP contribution in [0.2, 0.25) is 0 Å². The first kappa shape index (κ1) is 8.70. The summed E-state index contributed by atoms with van der Waals surface area (Å²) in [5.41, 5.74) is 0.801. The molecule has 1 aliphatic heterocycles.